The minimum absolute atomic E-state index is 0.321. The van der Waals surface area contributed by atoms with E-state index < -0.39 is 0 Å². The molecule has 1 aromatic heterocycles. The maximum atomic E-state index is 6.18. The number of hydrogen-bond donors (Lipinski definition) is 1. The molecule has 0 amide bonds. The maximum Gasteiger partial charge on any atom is 0.134 e. The Morgan fingerprint density at radius 3 is 2.67 bits per heavy atom. The van der Waals surface area contributed by atoms with Gasteiger partial charge in [-0.25, -0.2) is 0 Å². The molecule has 1 aliphatic rings. The summed E-state index contributed by atoms with van der Waals surface area (Å²) in [7, 11) is 0. The van der Waals surface area contributed by atoms with Crippen molar-refractivity contribution < 1.29 is 4.42 Å². The Hall–Kier alpha value is -1.28. The van der Waals surface area contributed by atoms with Gasteiger partial charge in [0, 0.05) is 5.39 Å². The fourth-order valence-corrected chi connectivity index (χ4v) is 3.77. The zero-order valence-electron chi connectivity index (χ0n) is 13.3. The lowest BCUT2D eigenvalue weighted by Gasteiger charge is -2.40. The topological polar surface area (TPSA) is 25.2 Å². The monoisotopic (exact) mass is 285 g/mol. The van der Waals surface area contributed by atoms with Gasteiger partial charge in [-0.15, -0.1) is 0 Å². The van der Waals surface area contributed by atoms with E-state index in [1.165, 1.54) is 37.5 Å². The third-order valence-corrected chi connectivity index (χ3v) is 5.02. The zero-order valence-corrected chi connectivity index (χ0v) is 13.3. The van der Waals surface area contributed by atoms with Crippen molar-refractivity contribution in [1.82, 2.24) is 5.32 Å². The van der Waals surface area contributed by atoms with Crippen LogP contribution in [0.4, 0.5) is 0 Å². The summed E-state index contributed by atoms with van der Waals surface area (Å²) in [6, 6.07) is 10.9. The summed E-state index contributed by atoms with van der Waals surface area (Å²) < 4.78 is 6.18. The molecule has 1 unspecified atom stereocenters. The van der Waals surface area contributed by atoms with Crippen LogP contribution < -0.4 is 5.32 Å². The van der Waals surface area contributed by atoms with Gasteiger partial charge in [-0.3, -0.25) is 0 Å². The SMILES string of the molecule is CCCNC(c1cc2ccccc2o1)C1(C)CCCCC1. The quantitative estimate of drug-likeness (QED) is 0.791. The minimum Gasteiger partial charge on any atom is -0.459 e. The van der Waals surface area contributed by atoms with Crippen LogP contribution in [0.1, 0.15) is 64.2 Å². The van der Waals surface area contributed by atoms with Gasteiger partial charge in [0.2, 0.25) is 0 Å². The summed E-state index contributed by atoms with van der Waals surface area (Å²) in [4.78, 5) is 0. The van der Waals surface area contributed by atoms with Crippen LogP contribution in [0, 0.1) is 5.41 Å². The first kappa shape index (κ1) is 14.6. The molecule has 1 aromatic carbocycles. The van der Waals surface area contributed by atoms with Crippen LogP contribution >= 0.6 is 0 Å². The Morgan fingerprint density at radius 1 is 1.19 bits per heavy atom. The molecule has 2 heteroatoms. The number of fused-ring (bicyclic) bond motifs is 1. The first-order valence-corrected chi connectivity index (χ1v) is 8.45. The lowest BCUT2D eigenvalue weighted by atomic mass is 9.69. The van der Waals surface area contributed by atoms with Gasteiger partial charge in [-0.05, 0) is 43.4 Å². The molecule has 114 valence electrons. The fraction of sp³-hybridized carbons (Fsp3) is 0.579. The molecule has 0 spiro atoms. The number of rotatable bonds is 5. The predicted octanol–water partition coefficient (Wildman–Crippen LogP) is 5.44. The standard InChI is InChI=1S/C19H27NO/c1-3-13-20-18(19(2)11-7-4-8-12-19)17-14-15-9-5-6-10-16(15)21-17/h5-6,9-10,14,18,20H,3-4,7-8,11-13H2,1-2H3. The van der Waals surface area contributed by atoms with Gasteiger partial charge in [-0.1, -0.05) is 51.3 Å². The normalized spacial score (nSPS) is 19.7. The fourth-order valence-electron chi connectivity index (χ4n) is 3.77. The smallest absolute Gasteiger partial charge is 0.134 e. The Labute approximate surface area is 127 Å². The summed E-state index contributed by atoms with van der Waals surface area (Å²) in [5, 5.41) is 4.98. The average Bonchev–Trinajstić information content (AvgIpc) is 2.91. The van der Waals surface area contributed by atoms with E-state index in [4.69, 9.17) is 4.42 Å². The van der Waals surface area contributed by atoms with E-state index in [9.17, 15) is 0 Å². The molecular formula is C19H27NO. The van der Waals surface area contributed by atoms with Gasteiger partial charge in [-0.2, -0.15) is 0 Å². The highest BCUT2D eigenvalue weighted by Crippen LogP contribution is 2.46. The molecule has 21 heavy (non-hydrogen) atoms. The lowest BCUT2D eigenvalue weighted by molar-refractivity contribution is 0.130. The van der Waals surface area contributed by atoms with Crippen molar-refractivity contribution in [2.24, 2.45) is 5.41 Å². The molecule has 0 radical (unpaired) electrons. The highest BCUT2D eigenvalue weighted by molar-refractivity contribution is 5.77. The molecule has 0 bridgehead atoms. The molecule has 1 saturated carbocycles. The molecule has 3 rings (SSSR count). The molecule has 0 saturated heterocycles. The van der Waals surface area contributed by atoms with E-state index >= 15 is 0 Å². The maximum absolute atomic E-state index is 6.18. The van der Waals surface area contributed by atoms with E-state index in [2.05, 4.69) is 43.4 Å². The van der Waals surface area contributed by atoms with Crippen molar-refractivity contribution >= 4 is 11.0 Å². The van der Waals surface area contributed by atoms with Crippen LogP contribution in [-0.4, -0.2) is 6.54 Å². The molecule has 1 heterocycles. The molecule has 1 atom stereocenters. The molecule has 2 aromatic rings. The zero-order chi connectivity index (χ0) is 14.7. The van der Waals surface area contributed by atoms with E-state index in [1.807, 2.05) is 6.07 Å². The molecule has 0 aliphatic heterocycles. The summed E-state index contributed by atoms with van der Waals surface area (Å²) in [6.07, 6.45) is 7.84. The molecule has 1 N–H and O–H groups in total. The third kappa shape index (κ3) is 3.01. The molecular weight excluding hydrogens is 258 g/mol. The summed E-state index contributed by atoms with van der Waals surface area (Å²) in [6.45, 7) is 5.72. The van der Waals surface area contributed by atoms with Crippen LogP contribution in [0.25, 0.3) is 11.0 Å². The van der Waals surface area contributed by atoms with Crippen LogP contribution in [0.3, 0.4) is 0 Å². The lowest BCUT2D eigenvalue weighted by Crippen LogP contribution is -2.38. The Balaban J connectivity index is 1.93. The van der Waals surface area contributed by atoms with Crippen molar-refractivity contribution in [1.29, 1.82) is 0 Å². The highest BCUT2D eigenvalue weighted by atomic mass is 16.3. The average molecular weight is 285 g/mol. The van der Waals surface area contributed by atoms with Crippen LogP contribution in [0.2, 0.25) is 0 Å². The van der Waals surface area contributed by atoms with Gasteiger partial charge in [0.1, 0.15) is 11.3 Å². The predicted molar refractivity (Wildman–Crippen MR) is 88.4 cm³/mol. The third-order valence-electron chi connectivity index (χ3n) is 5.02. The first-order valence-electron chi connectivity index (χ1n) is 8.45. The Kier molecular flexibility index (Phi) is 4.34. The van der Waals surface area contributed by atoms with Gasteiger partial charge in [0.25, 0.3) is 0 Å². The number of benzene rings is 1. The van der Waals surface area contributed by atoms with Crippen molar-refractivity contribution in [3.8, 4) is 0 Å². The molecule has 2 nitrogen and oxygen atoms in total. The number of nitrogens with one attached hydrogen (secondary N) is 1. The van der Waals surface area contributed by atoms with Crippen LogP contribution in [-0.2, 0) is 0 Å². The number of para-hydroxylation sites is 1. The second kappa shape index (κ2) is 6.23. The van der Waals surface area contributed by atoms with Crippen molar-refractivity contribution in [3.05, 3.63) is 36.1 Å². The van der Waals surface area contributed by atoms with Crippen molar-refractivity contribution in [2.45, 2.75) is 58.4 Å². The number of furan rings is 1. The van der Waals surface area contributed by atoms with E-state index in [0.29, 0.717) is 11.5 Å². The highest BCUT2D eigenvalue weighted by Gasteiger charge is 2.37. The second-order valence-corrected chi connectivity index (χ2v) is 6.79. The Bertz CT molecular complexity index is 547. The summed E-state index contributed by atoms with van der Waals surface area (Å²) >= 11 is 0. The van der Waals surface area contributed by atoms with E-state index in [1.54, 1.807) is 0 Å². The first-order chi connectivity index (χ1) is 10.2. The molecule has 1 aliphatic carbocycles. The van der Waals surface area contributed by atoms with Crippen LogP contribution in [0.5, 0.6) is 0 Å². The molecule has 1 fully saturated rings. The van der Waals surface area contributed by atoms with Gasteiger partial charge < -0.3 is 9.73 Å². The number of hydrogen-bond acceptors (Lipinski definition) is 2. The minimum atomic E-state index is 0.321. The van der Waals surface area contributed by atoms with Crippen molar-refractivity contribution in [2.75, 3.05) is 6.54 Å². The second-order valence-electron chi connectivity index (χ2n) is 6.79. The van der Waals surface area contributed by atoms with Gasteiger partial charge in [0.05, 0.1) is 6.04 Å². The largest absolute Gasteiger partial charge is 0.459 e. The van der Waals surface area contributed by atoms with E-state index in [0.717, 1.165) is 24.3 Å². The Morgan fingerprint density at radius 2 is 1.95 bits per heavy atom. The van der Waals surface area contributed by atoms with Crippen LogP contribution in [0.15, 0.2) is 34.7 Å². The van der Waals surface area contributed by atoms with Gasteiger partial charge in [0.15, 0.2) is 0 Å². The van der Waals surface area contributed by atoms with E-state index in [-0.39, 0.29) is 0 Å². The summed E-state index contributed by atoms with van der Waals surface area (Å²) in [5.74, 6) is 1.12. The summed E-state index contributed by atoms with van der Waals surface area (Å²) in [5.41, 5.74) is 1.33. The van der Waals surface area contributed by atoms with Gasteiger partial charge >= 0.3 is 0 Å². The van der Waals surface area contributed by atoms with Crippen molar-refractivity contribution in [3.63, 3.8) is 0 Å².